The summed E-state index contributed by atoms with van der Waals surface area (Å²) in [5.41, 5.74) is 4.04. The molecule has 0 fully saturated rings. The molecular formula is C13H17NO2. The highest BCUT2D eigenvalue weighted by Crippen LogP contribution is 2.25. The lowest BCUT2D eigenvalue weighted by atomic mass is 10.1. The van der Waals surface area contributed by atoms with Crippen LogP contribution in [-0.2, 0) is 17.6 Å². The zero-order chi connectivity index (χ0) is 11.5. The van der Waals surface area contributed by atoms with Crippen LogP contribution in [0.2, 0.25) is 0 Å². The molecular weight excluding hydrogens is 202 g/mol. The number of nitrogens with one attached hydrogen (secondary N) is 1. The maximum Gasteiger partial charge on any atom is 0.407 e. The molecule has 0 saturated heterocycles. The molecule has 0 saturated carbocycles. The molecule has 2 rings (SSSR count). The summed E-state index contributed by atoms with van der Waals surface area (Å²) in [7, 11) is 0. The van der Waals surface area contributed by atoms with Crippen LogP contribution < -0.4 is 5.32 Å². The molecule has 1 atom stereocenters. The SMILES string of the molecule is CCOC(=O)N[C@H]1Cc2cccc(C)c2C1. The number of rotatable bonds is 2. The van der Waals surface area contributed by atoms with Crippen LogP contribution in [-0.4, -0.2) is 18.7 Å². The lowest BCUT2D eigenvalue weighted by Crippen LogP contribution is -2.35. The van der Waals surface area contributed by atoms with Gasteiger partial charge in [-0.2, -0.15) is 0 Å². The molecule has 0 heterocycles. The fourth-order valence-corrected chi connectivity index (χ4v) is 2.27. The third kappa shape index (κ3) is 2.18. The van der Waals surface area contributed by atoms with E-state index in [1.165, 1.54) is 16.7 Å². The average Bonchev–Trinajstić information content (AvgIpc) is 2.62. The Morgan fingerprint density at radius 3 is 3.00 bits per heavy atom. The number of hydrogen-bond acceptors (Lipinski definition) is 2. The predicted molar refractivity (Wildman–Crippen MR) is 62.5 cm³/mol. The number of aryl methyl sites for hydroxylation is 1. The second-order valence-corrected chi connectivity index (χ2v) is 4.18. The van der Waals surface area contributed by atoms with Crippen molar-refractivity contribution in [2.45, 2.75) is 32.7 Å². The summed E-state index contributed by atoms with van der Waals surface area (Å²) in [6.45, 7) is 4.35. The second kappa shape index (κ2) is 4.56. The fraction of sp³-hybridized carbons (Fsp3) is 0.462. The minimum absolute atomic E-state index is 0.190. The van der Waals surface area contributed by atoms with Crippen LogP contribution in [0.3, 0.4) is 0 Å². The summed E-state index contributed by atoms with van der Waals surface area (Å²) in [6.07, 6.45) is 1.52. The van der Waals surface area contributed by atoms with E-state index in [4.69, 9.17) is 4.74 Å². The van der Waals surface area contributed by atoms with Crippen LogP contribution in [0.5, 0.6) is 0 Å². The number of alkyl carbamates (subject to hydrolysis) is 1. The molecule has 1 amide bonds. The Morgan fingerprint density at radius 1 is 1.50 bits per heavy atom. The first-order valence-electron chi connectivity index (χ1n) is 5.71. The molecule has 0 radical (unpaired) electrons. The highest BCUT2D eigenvalue weighted by atomic mass is 16.5. The van der Waals surface area contributed by atoms with Crippen LogP contribution in [0, 0.1) is 6.92 Å². The van der Waals surface area contributed by atoms with Gasteiger partial charge in [-0.05, 0) is 43.4 Å². The predicted octanol–water partition coefficient (Wildman–Crippen LogP) is 2.21. The average molecular weight is 219 g/mol. The van der Waals surface area contributed by atoms with Gasteiger partial charge < -0.3 is 10.1 Å². The summed E-state index contributed by atoms with van der Waals surface area (Å²) in [6, 6.07) is 6.51. The zero-order valence-electron chi connectivity index (χ0n) is 9.75. The third-order valence-corrected chi connectivity index (χ3v) is 3.02. The molecule has 3 heteroatoms. The normalized spacial score (nSPS) is 18.0. The number of ether oxygens (including phenoxy) is 1. The lowest BCUT2D eigenvalue weighted by molar-refractivity contribution is 0.148. The lowest BCUT2D eigenvalue weighted by Gasteiger charge is -2.11. The Balaban J connectivity index is 2.00. The molecule has 86 valence electrons. The number of fused-ring (bicyclic) bond motifs is 1. The Labute approximate surface area is 95.8 Å². The van der Waals surface area contributed by atoms with E-state index in [1.54, 1.807) is 0 Å². The molecule has 0 unspecified atom stereocenters. The minimum atomic E-state index is -0.307. The van der Waals surface area contributed by atoms with Gasteiger partial charge in [0, 0.05) is 6.04 Å². The van der Waals surface area contributed by atoms with Gasteiger partial charge in [0.2, 0.25) is 0 Å². The van der Waals surface area contributed by atoms with Gasteiger partial charge in [0.05, 0.1) is 6.61 Å². The Bertz CT molecular complexity index is 401. The third-order valence-electron chi connectivity index (χ3n) is 3.02. The van der Waals surface area contributed by atoms with Crippen molar-refractivity contribution >= 4 is 6.09 Å². The number of carbonyl (C=O) groups is 1. The summed E-state index contributed by atoms with van der Waals surface area (Å²) < 4.78 is 4.88. The van der Waals surface area contributed by atoms with Crippen LogP contribution >= 0.6 is 0 Å². The van der Waals surface area contributed by atoms with Gasteiger partial charge in [-0.15, -0.1) is 0 Å². The summed E-state index contributed by atoms with van der Waals surface area (Å²) in [4.78, 5) is 11.3. The number of carbonyl (C=O) groups excluding carboxylic acids is 1. The number of benzene rings is 1. The van der Waals surface area contributed by atoms with E-state index in [9.17, 15) is 4.79 Å². The summed E-state index contributed by atoms with van der Waals surface area (Å²) in [5, 5.41) is 2.89. The van der Waals surface area contributed by atoms with E-state index in [0.29, 0.717) is 6.61 Å². The van der Waals surface area contributed by atoms with Crippen molar-refractivity contribution in [2.75, 3.05) is 6.61 Å². The first-order valence-corrected chi connectivity index (χ1v) is 5.71. The Hall–Kier alpha value is -1.51. The van der Waals surface area contributed by atoms with Crippen molar-refractivity contribution < 1.29 is 9.53 Å². The van der Waals surface area contributed by atoms with Gasteiger partial charge >= 0.3 is 6.09 Å². The van der Waals surface area contributed by atoms with Gasteiger partial charge in [-0.25, -0.2) is 4.79 Å². The monoisotopic (exact) mass is 219 g/mol. The molecule has 1 aromatic carbocycles. The van der Waals surface area contributed by atoms with E-state index in [2.05, 4.69) is 30.4 Å². The number of amides is 1. The first kappa shape index (κ1) is 11.0. The maximum atomic E-state index is 11.3. The van der Waals surface area contributed by atoms with E-state index in [-0.39, 0.29) is 12.1 Å². The van der Waals surface area contributed by atoms with Crippen LogP contribution in [0.4, 0.5) is 4.79 Å². The van der Waals surface area contributed by atoms with Crippen molar-refractivity contribution in [2.24, 2.45) is 0 Å². The van der Waals surface area contributed by atoms with Crippen molar-refractivity contribution in [3.05, 3.63) is 34.9 Å². The zero-order valence-corrected chi connectivity index (χ0v) is 9.75. The fourth-order valence-electron chi connectivity index (χ4n) is 2.27. The topological polar surface area (TPSA) is 38.3 Å². The van der Waals surface area contributed by atoms with E-state index >= 15 is 0 Å². The van der Waals surface area contributed by atoms with Crippen LogP contribution in [0.1, 0.15) is 23.6 Å². The van der Waals surface area contributed by atoms with Crippen LogP contribution in [0.15, 0.2) is 18.2 Å². The smallest absolute Gasteiger partial charge is 0.407 e. The van der Waals surface area contributed by atoms with Crippen molar-refractivity contribution in [1.29, 1.82) is 0 Å². The molecule has 16 heavy (non-hydrogen) atoms. The standard InChI is InChI=1S/C13H17NO2/c1-3-16-13(15)14-11-7-10-6-4-5-9(2)12(10)8-11/h4-6,11H,3,7-8H2,1-2H3,(H,14,15)/t11-/m0/s1. The Kier molecular flexibility index (Phi) is 3.13. The molecule has 0 bridgehead atoms. The van der Waals surface area contributed by atoms with Crippen LogP contribution in [0.25, 0.3) is 0 Å². The van der Waals surface area contributed by atoms with E-state index in [0.717, 1.165) is 12.8 Å². The molecule has 0 spiro atoms. The largest absolute Gasteiger partial charge is 0.450 e. The molecule has 1 aliphatic rings. The summed E-state index contributed by atoms with van der Waals surface area (Å²) >= 11 is 0. The van der Waals surface area contributed by atoms with Crippen molar-refractivity contribution in [3.63, 3.8) is 0 Å². The van der Waals surface area contributed by atoms with Gasteiger partial charge in [-0.3, -0.25) is 0 Å². The highest BCUT2D eigenvalue weighted by molar-refractivity contribution is 5.68. The van der Waals surface area contributed by atoms with Gasteiger partial charge in [-0.1, -0.05) is 18.2 Å². The van der Waals surface area contributed by atoms with Crippen molar-refractivity contribution in [3.8, 4) is 0 Å². The maximum absolute atomic E-state index is 11.3. The molecule has 0 aromatic heterocycles. The molecule has 1 aliphatic carbocycles. The van der Waals surface area contributed by atoms with Gasteiger partial charge in [0.25, 0.3) is 0 Å². The summed E-state index contributed by atoms with van der Waals surface area (Å²) in [5.74, 6) is 0. The molecule has 1 N–H and O–H groups in total. The van der Waals surface area contributed by atoms with Gasteiger partial charge in [0.15, 0.2) is 0 Å². The van der Waals surface area contributed by atoms with Crippen molar-refractivity contribution in [1.82, 2.24) is 5.32 Å². The number of hydrogen-bond donors (Lipinski definition) is 1. The van der Waals surface area contributed by atoms with E-state index in [1.807, 2.05) is 6.92 Å². The molecule has 0 aliphatic heterocycles. The highest BCUT2D eigenvalue weighted by Gasteiger charge is 2.24. The second-order valence-electron chi connectivity index (χ2n) is 4.18. The first-order chi connectivity index (χ1) is 7.70. The molecule has 1 aromatic rings. The molecule has 3 nitrogen and oxygen atoms in total. The quantitative estimate of drug-likeness (QED) is 0.828. The minimum Gasteiger partial charge on any atom is -0.450 e. The van der Waals surface area contributed by atoms with E-state index < -0.39 is 0 Å². The van der Waals surface area contributed by atoms with Gasteiger partial charge in [0.1, 0.15) is 0 Å². The Morgan fingerprint density at radius 2 is 2.31 bits per heavy atom.